The van der Waals surface area contributed by atoms with Gasteiger partial charge in [-0.05, 0) is 24.1 Å². The molecule has 0 bridgehead atoms. The van der Waals surface area contributed by atoms with Gasteiger partial charge in [0.1, 0.15) is 0 Å². The second-order valence-corrected chi connectivity index (χ2v) is 7.48. The van der Waals surface area contributed by atoms with Crippen LogP contribution in [0.1, 0.15) is 5.56 Å². The molecule has 1 unspecified atom stereocenters. The van der Waals surface area contributed by atoms with Crippen LogP contribution in [0.5, 0.6) is 5.88 Å². The van der Waals surface area contributed by atoms with Gasteiger partial charge in [0.05, 0.1) is 11.4 Å². The Morgan fingerprint density at radius 3 is 2.45 bits per heavy atom. The zero-order valence-corrected chi connectivity index (χ0v) is 18.2. The van der Waals surface area contributed by atoms with E-state index in [1.807, 2.05) is 72.8 Å². The van der Waals surface area contributed by atoms with Gasteiger partial charge in [-0.1, -0.05) is 60.7 Å². The Hall–Kier alpha value is -3.03. The minimum absolute atomic E-state index is 0.105. The largest absolute Gasteiger partial charge is 0.466 e. The summed E-state index contributed by atoms with van der Waals surface area (Å²) in [7, 11) is 0. The summed E-state index contributed by atoms with van der Waals surface area (Å²) in [4.78, 5) is 16.9. The van der Waals surface area contributed by atoms with Crippen LogP contribution in [0.25, 0.3) is 11.3 Å². The van der Waals surface area contributed by atoms with Crippen LogP contribution < -0.4 is 21.1 Å². The van der Waals surface area contributed by atoms with Gasteiger partial charge in [-0.3, -0.25) is 4.79 Å². The van der Waals surface area contributed by atoms with Crippen molar-refractivity contribution >= 4 is 24.2 Å². The first kappa shape index (κ1) is 22.7. The highest BCUT2D eigenvalue weighted by Gasteiger charge is 2.12. The summed E-state index contributed by atoms with van der Waals surface area (Å²) in [6.07, 6.45) is 0.767. The average molecular weight is 437 g/mol. The smallest absolute Gasteiger partial charge is 0.258 e. The maximum Gasteiger partial charge on any atom is 0.258 e. The number of nitrogens with zero attached hydrogens (tertiary/aromatic N) is 1. The second-order valence-electron chi connectivity index (χ2n) is 7.11. The molecule has 0 aliphatic rings. The number of pyridine rings is 1. The van der Waals surface area contributed by atoms with Crippen LogP contribution >= 0.6 is 12.6 Å². The fourth-order valence-corrected chi connectivity index (χ4v) is 3.07. The monoisotopic (exact) mass is 436 g/mol. The Morgan fingerprint density at radius 1 is 1.03 bits per heavy atom. The van der Waals surface area contributed by atoms with Crippen molar-refractivity contribution in [3.05, 3.63) is 78.4 Å². The van der Waals surface area contributed by atoms with Crippen LogP contribution in [0.2, 0.25) is 0 Å². The number of aromatic nitrogens is 1. The van der Waals surface area contributed by atoms with E-state index < -0.39 is 0 Å². The van der Waals surface area contributed by atoms with Gasteiger partial charge in [0.25, 0.3) is 5.91 Å². The summed E-state index contributed by atoms with van der Waals surface area (Å²) in [5.41, 5.74) is 9.55. The van der Waals surface area contributed by atoms with Gasteiger partial charge in [-0.2, -0.15) is 12.6 Å². The summed E-state index contributed by atoms with van der Waals surface area (Å²) in [5.74, 6) is 0.731. The van der Waals surface area contributed by atoms with Crippen LogP contribution in [0, 0.1) is 0 Å². The van der Waals surface area contributed by atoms with E-state index in [-0.39, 0.29) is 18.6 Å². The molecule has 3 rings (SSSR count). The summed E-state index contributed by atoms with van der Waals surface area (Å²) in [5, 5.41) is 6.12. The highest BCUT2D eigenvalue weighted by molar-refractivity contribution is 7.80. The fourth-order valence-electron chi connectivity index (χ4n) is 2.94. The lowest BCUT2D eigenvalue weighted by Gasteiger charge is -2.16. The van der Waals surface area contributed by atoms with E-state index in [1.165, 1.54) is 5.56 Å². The van der Waals surface area contributed by atoms with Gasteiger partial charge >= 0.3 is 0 Å². The number of amides is 1. The predicted molar refractivity (Wildman–Crippen MR) is 129 cm³/mol. The van der Waals surface area contributed by atoms with E-state index in [2.05, 4.69) is 28.2 Å². The zero-order chi connectivity index (χ0) is 21.9. The van der Waals surface area contributed by atoms with Gasteiger partial charge < -0.3 is 21.1 Å². The first-order valence-electron chi connectivity index (χ1n) is 10.3. The molecule has 4 N–H and O–H groups in total. The highest BCUT2D eigenvalue weighted by Crippen LogP contribution is 2.27. The van der Waals surface area contributed by atoms with Gasteiger partial charge in [-0.25, -0.2) is 4.98 Å². The second kappa shape index (κ2) is 12.0. The van der Waals surface area contributed by atoms with Crippen molar-refractivity contribution in [2.75, 3.05) is 30.8 Å². The number of carbonyl (C=O) groups is 1. The summed E-state index contributed by atoms with van der Waals surface area (Å²) < 4.78 is 5.78. The van der Waals surface area contributed by atoms with Gasteiger partial charge in [0, 0.05) is 30.4 Å². The molecule has 0 fully saturated rings. The Bertz CT molecular complexity index is 954. The van der Waals surface area contributed by atoms with E-state index >= 15 is 0 Å². The number of hydrogen-bond acceptors (Lipinski definition) is 6. The third kappa shape index (κ3) is 7.31. The van der Waals surface area contributed by atoms with Crippen molar-refractivity contribution in [3.8, 4) is 17.1 Å². The van der Waals surface area contributed by atoms with Crippen LogP contribution in [0.3, 0.4) is 0 Å². The minimum Gasteiger partial charge on any atom is -0.466 e. The van der Waals surface area contributed by atoms with Crippen molar-refractivity contribution in [2.24, 2.45) is 5.73 Å². The molecule has 7 heteroatoms. The molecule has 1 aromatic heterocycles. The van der Waals surface area contributed by atoms with Crippen molar-refractivity contribution in [2.45, 2.75) is 12.5 Å². The van der Waals surface area contributed by atoms with Crippen LogP contribution in [0.4, 0.5) is 5.69 Å². The fraction of sp³-hybridized carbons (Fsp3) is 0.250. The normalized spacial score (nSPS) is 11.5. The van der Waals surface area contributed by atoms with Crippen molar-refractivity contribution in [1.29, 1.82) is 0 Å². The van der Waals surface area contributed by atoms with Crippen LogP contribution in [-0.2, 0) is 11.2 Å². The highest BCUT2D eigenvalue weighted by atomic mass is 32.1. The maximum atomic E-state index is 12.3. The number of benzene rings is 2. The molecule has 162 valence electrons. The third-order valence-corrected chi connectivity index (χ3v) is 5.11. The Kier molecular flexibility index (Phi) is 8.75. The molecule has 2 aromatic carbocycles. The van der Waals surface area contributed by atoms with Gasteiger partial charge in [-0.15, -0.1) is 0 Å². The summed E-state index contributed by atoms with van der Waals surface area (Å²) >= 11 is 4.21. The zero-order valence-electron chi connectivity index (χ0n) is 17.3. The molecule has 31 heavy (non-hydrogen) atoms. The molecule has 0 radical (unpaired) electrons. The molecule has 1 amide bonds. The van der Waals surface area contributed by atoms with E-state index in [4.69, 9.17) is 10.5 Å². The number of rotatable bonds is 11. The molecule has 0 aliphatic heterocycles. The van der Waals surface area contributed by atoms with Crippen molar-refractivity contribution in [1.82, 2.24) is 10.3 Å². The predicted octanol–water partition coefficient (Wildman–Crippen LogP) is 3.16. The summed E-state index contributed by atoms with van der Waals surface area (Å²) in [6, 6.07) is 23.5. The van der Waals surface area contributed by atoms with Crippen LogP contribution in [-0.4, -0.2) is 42.4 Å². The molecule has 0 aliphatic carbocycles. The number of thiol groups is 1. The third-order valence-electron chi connectivity index (χ3n) is 4.64. The minimum atomic E-state index is -0.194. The Labute approximate surface area is 188 Å². The van der Waals surface area contributed by atoms with Crippen LogP contribution in [0.15, 0.2) is 72.8 Å². The SMILES string of the molecule is NC(CS)CNc1ccc(-c2ccccc2)nc1OCC(=O)NCCc1ccccc1. The maximum absolute atomic E-state index is 12.3. The Balaban J connectivity index is 1.62. The lowest BCUT2D eigenvalue weighted by atomic mass is 10.1. The first-order chi connectivity index (χ1) is 15.2. The molecular weight excluding hydrogens is 408 g/mol. The summed E-state index contributed by atoms with van der Waals surface area (Å²) in [6.45, 7) is 0.953. The van der Waals surface area contributed by atoms with Crippen molar-refractivity contribution in [3.63, 3.8) is 0 Å². The molecule has 0 saturated carbocycles. The van der Waals surface area contributed by atoms with Gasteiger partial charge in [0.2, 0.25) is 5.88 Å². The first-order valence-corrected chi connectivity index (χ1v) is 10.9. The molecule has 1 atom stereocenters. The number of anilines is 1. The van der Waals surface area contributed by atoms with E-state index in [1.54, 1.807) is 0 Å². The average Bonchev–Trinajstić information content (AvgIpc) is 2.82. The lowest BCUT2D eigenvalue weighted by Crippen LogP contribution is -2.32. The lowest BCUT2D eigenvalue weighted by molar-refractivity contribution is -0.123. The van der Waals surface area contributed by atoms with Gasteiger partial charge in [0.15, 0.2) is 6.61 Å². The van der Waals surface area contributed by atoms with Crippen molar-refractivity contribution < 1.29 is 9.53 Å². The molecule has 0 spiro atoms. The molecule has 6 nitrogen and oxygen atoms in total. The number of nitrogens with one attached hydrogen (secondary N) is 2. The van der Waals surface area contributed by atoms with E-state index in [0.717, 1.165) is 17.7 Å². The Morgan fingerprint density at radius 2 is 1.74 bits per heavy atom. The van der Waals surface area contributed by atoms with E-state index in [0.29, 0.717) is 30.4 Å². The molecule has 0 saturated heterocycles. The topological polar surface area (TPSA) is 89.3 Å². The van der Waals surface area contributed by atoms with E-state index in [9.17, 15) is 4.79 Å². The molecule has 3 aromatic rings. The molecular formula is C24H28N4O2S. The number of carbonyl (C=O) groups excluding carboxylic acids is 1. The number of ether oxygens (including phenoxy) is 1. The number of nitrogens with two attached hydrogens (primary N) is 1. The number of hydrogen-bond donors (Lipinski definition) is 4. The quantitative estimate of drug-likeness (QED) is 0.347. The standard InChI is InChI=1S/C24H28N4O2S/c25-20(17-31)15-27-22-12-11-21(19-9-5-2-6-10-19)28-24(22)30-16-23(29)26-14-13-18-7-3-1-4-8-18/h1-12,20,27,31H,13-17,25H2,(H,26,29). The molecule has 1 heterocycles.